The van der Waals surface area contributed by atoms with Gasteiger partial charge in [0, 0.05) is 17.3 Å². The molecule has 1 saturated heterocycles. The van der Waals surface area contributed by atoms with Gasteiger partial charge in [0.15, 0.2) is 0 Å². The minimum Gasteiger partial charge on any atom is -0.491 e. The largest absolute Gasteiger partial charge is 0.491 e. The number of aryl methyl sites for hydroxylation is 2. The first-order chi connectivity index (χ1) is 14.0. The first-order valence-corrected chi connectivity index (χ1v) is 10.3. The third kappa shape index (κ3) is 4.15. The second kappa shape index (κ2) is 8.14. The van der Waals surface area contributed by atoms with Gasteiger partial charge >= 0.3 is 0 Å². The number of halogens is 1. The Labute approximate surface area is 170 Å². The van der Waals surface area contributed by atoms with E-state index < -0.39 is 12.1 Å². The van der Waals surface area contributed by atoms with Crippen LogP contribution in [0.25, 0.3) is 11.1 Å². The summed E-state index contributed by atoms with van der Waals surface area (Å²) in [7, 11) is 0. The molecule has 1 aliphatic carbocycles. The molecule has 1 amide bonds. The fourth-order valence-corrected chi connectivity index (χ4v) is 3.89. The van der Waals surface area contributed by atoms with Crippen LogP contribution in [0.5, 0.6) is 5.75 Å². The lowest BCUT2D eigenvalue weighted by molar-refractivity contribution is -0.121. The van der Waals surface area contributed by atoms with E-state index in [1.807, 2.05) is 26.0 Å². The van der Waals surface area contributed by atoms with Gasteiger partial charge in [-0.1, -0.05) is 11.6 Å². The minimum absolute atomic E-state index is 0.259. The van der Waals surface area contributed by atoms with Gasteiger partial charge in [-0.25, -0.2) is 4.39 Å². The van der Waals surface area contributed by atoms with Crippen molar-refractivity contribution in [3.05, 3.63) is 29.7 Å². The predicted molar refractivity (Wildman–Crippen MR) is 109 cm³/mol. The Bertz CT molecular complexity index is 866. The first kappa shape index (κ1) is 19.9. The molecule has 2 fully saturated rings. The summed E-state index contributed by atoms with van der Waals surface area (Å²) < 4.78 is 24.7. The van der Waals surface area contributed by atoms with Crippen LogP contribution in [0.15, 0.2) is 22.7 Å². The lowest BCUT2D eigenvalue weighted by atomic mass is 10.0. The quantitative estimate of drug-likeness (QED) is 0.728. The highest BCUT2D eigenvalue weighted by molar-refractivity contribution is 5.98. The van der Waals surface area contributed by atoms with Crippen LogP contribution in [0, 0.1) is 19.3 Å². The summed E-state index contributed by atoms with van der Waals surface area (Å²) >= 11 is 0. The lowest BCUT2D eigenvalue weighted by Crippen LogP contribution is -2.38. The number of anilines is 1. The monoisotopic (exact) mass is 401 g/mol. The van der Waals surface area contributed by atoms with Gasteiger partial charge in [-0.3, -0.25) is 4.79 Å². The summed E-state index contributed by atoms with van der Waals surface area (Å²) in [5.74, 6) is 1.15. The number of aromatic nitrogens is 1. The third-order valence-corrected chi connectivity index (χ3v) is 5.98. The molecule has 2 N–H and O–H groups in total. The number of hydrogen-bond donors (Lipinski definition) is 2. The van der Waals surface area contributed by atoms with Gasteiger partial charge in [-0.05, 0) is 64.3 Å². The molecule has 0 unspecified atom stereocenters. The molecule has 1 aromatic carbocycles. The fraction of sp³-hybridized carbons (Fsp3) is 0.545. The number of piperidine rings is 1. The maximum Gasteiger partial charge on any atom is 0.233 e. The number of carbonyl (C=O) groups excluding carboxylic acids is 1. The van der Waals surface area contributed by atoms with E-state index in [9.17, 15) is 9.18 Å². The van der Waals surface area contributed by atoms with Crippen molar-refractivity contribution in [2.75, 3.05) is 25.1 Å². The van der Waals surface area contributed by atoms with Gasteiger partial charge in [0.1, 0.15) is 24.8 Å². The van der Waals surface area contributed by atoms with Crippen LogP contribution in [-0.4, -0.2) is 36.9 Å². The Morgan fingerprint density at radius 2 is 2.21 bits per heavy atom. The van der Waals surface area contributed by atoms with Crippen LogP contribution >= 0.6 is 0 Å². The Balaban J connectivity index is 1.59. The molecule has 2 aliphatic rings. The molecule has 0 radical (unpaired) electrons. The van der Waals surface area contributed by atoms with E-state index in [4.69, 9.17) is 9.26 Å². The Hall–Kier alpha value is -2.41. The average Bonchev–Trinajstić information content (AvgIpc) is 3.47. The van der Waals surface area contributed by atoms with Crippen LogP contribution in [-0.2, 0) is 4.79 Å². The summed E-state index contributed by atoms with van der Waals surface area (Å²) in [5.41, 5.74) is 2.21. The molecule has 4 rings (SSSR count). The molecule has 7 heteroatoms. The maximum absolute atomic E-state index is 13.2. The van der Waals surface area contributed by atoms with Crippen LogP contribution < -0.4 is 15.4 Å². The number of carbonyl (C=O) groups is 1. The first-order valence-electron chi connectivity index (χ1n) is 10.3. The second-order valence-corrected chi connectivity index (χ2v) is 8.24. The zero-order chi connectivity index (χ0) is 20.4. The van der Waals surface area contributed by atoms with E-state index >= 15 is 0 Å². The lowest BCUT2D eigenvalue weighted by Gasteiger charge is -2.24. The molecule has 1 saturated carbocycles. The minimum atomic E-state index is -0.842. The SMILES string of the molecule is Cc1noc(C)c1-c1cc(NC(=O)C2(CF)CC2)ccc1OC[C@H]1CCCCN1. The smallest absolute Gasteiger partial charge is 0.233 e. The predicted octanol–water partition coefficient (Wildman–Crippen LogP) is 4.17. The molecule has 1 aliphatic heterocycles. The molecular weight excluding hydrogens is 373 g/mol. The van der Waals surface area contributed by atoms with E-state index in [-0.39, 0.29) is 5.91 Å². The molecule has 1 atom stereocenters. The van der Waals surface area contributed by atoms with Crippen molar-refractivity contribution in [1.82, 2.24) is 10.5 Å². The third-order valence-electron chi connectivity index (χ3n) is 5.98. The number of ether oxygens (including phenoxy) is 1. The van der Waals surface area contributed by atoms with Gasteiger partial charge in [-0.15, -0.1) is 0 Å². The van der Waals surface area contributed by atoms with Crippen molar-refractivity contribution in [3.63, 3.8) is 0 Å². The standard InChI is InChI=1S/C22H28FN3O3/c1-14-20(15(2)29-26-14)18-11-16(25-21(27)22(13-23)8-9-22)6-7-19(18)28-12-17-5-3-4-10-24-17/h6-7,11,17,24H,3-5,8-10,12-13H2,1-2H3,(H,25,27)/t17-/m1/s1. The van der Waals surface area contributed by atoms with Crippen LogP contribution in [0.3, 0.4) is 0 Å². The zero-order valence-electron chi connectivity index (χ0n) is 17.0. The van der Waals surface area contributed by atoms with Crippen molar-refractivity contribution in [1.29, 1.82) is 0 Å². The van der Waals surface area contributed by atoms with Gasteiger partial charge < -0.3 is 19.9 Å². The van der Waals surface area contributed by atoms with Crippen LogP contribution in [0.4, 0.5) is 10.1 Å². The summed E-state index contributed by atoms with van der Waals surface area (Å²) in [6, 6.07) is 5.86. The molecule has 156 valence electrons. The van der Waals surface area contributed by atoms with Crippen LogP contribution in [0.1, 0.15) is 43.6 Å². The molecular formula is C22H28FN3O3. The molecule has 2 aromatic rings. The molecule has 6 nitrogen and oxygen atoms in total. The number of benzene rings is 1. The van der Waals surface area contributed by atoms with Crippen molar-refractivity contribution in [2.45, 2.75) is 52.0 Å². The normalized spacial score (nSPS) is 20.3. The molecule has 0 spiro atoms. The van der Waals surface area contributed by atoms with Gasteiger partial charge in [-0.2, -0.15) is 0 Å². The van der Waals surface area contributed by atoms with Crippen molar-refractivity contribution in [2.24, 2.45) is 5.41 Å². The Morgan fingerprint density at radius 1 is 1.38 bits per heavy atom. The van der Waals surface area contributed by atoms with Crippen molar-refractivity contribution >= 4 is 11.6 Å². The maximum atomic E-state index is 13.2. The topological polar surface area (TPSA) is 76.4 Å². The summed E-state index contributed by atoms with van der Waals surface area (Å²) in [5, 5.41) is 10.4. The van der Waals surface area contributed by atoms with Crippen LogP contribution in [0.2, 0.25) is 0 Å². The molecule has 0 bridgehead atoms. The number of rotatable bonds is 7. The average molecular weight is 401 g/mol. The van der Waals surface area contributed by atoms with Crippen molar-refractivity contribution < 1.29 is 18.4 Å². The summed E-state index contributed by atoms with van der Waals surface area (Å²) in [4.78, 5) is 12.5. The summed E-state index contributed by atoms with van der Waals surface area (Å²) in [6.07, 6.45) is 4.71. The fourth-order valence-electron chi connectivity index (χ4n) is 3.89. The molecule has 29 heavy (non-hydrogen) atoms. The summed E-state index contributed by atoms with van der Waals surface area (Å²) in [6.45, 7) is 4.71. The highest BCUT2D eigenvalue weighted by Crippen LogP contribution is 2.47. The Morgan fingerprint density at radius 3 is 2.83 bits per heavy atom. The van der Waals surface area contributed by atoms with Gasteiger partial charge in [0.25, 0.3) is 0 Å². The van der Waals surface area contributed by atoms with E-state index in [1.54, 1.807) is 6.07 Å². The number of hydrogen-bond acceptors (Lipinski definition) is 5. The number of nitrogens with zero attached hydrogens (tertiary/aromatic N) is 1. The molecule has 1 aromatic heterocycles. The van der Waals surface area contributed by atoms with Gasteiger partial charge in [0.2, 0.25) is 5.91 Å². The van der Waals surface area contributed by atoms with E-state index in [1.165, 1.54) is 12.8 Å². The number of amides is 1. The second-order valence-electron chi connectivity index (χ2n) is 8.24. The van der Waals surface area contributed by atoms with Crippen molar-refractivity contribution in [3.8, 4) is 16.9 Å². The van der Waals surface area contributed by atoms with E-state index in [0.29, 0.717) is 36.9 Å². The Kier molecular flexibility index (Phi) is 5.58. The highest BCUT2D eigenvalue weighted by Gasteiger charge is 2.50. The highest BCUT2D eigenvalue weighted by atomic mass is 19.1. The van der Waals surface area contributed by atoms with E-state index in [2.05, 4.69) is 15.8 Å². The van der Waals surface area contributed by atoms with E-state index in [0.717, 1.165) is 35.5 Å². The number of alkyl halides is 1. The zero-order valence-corrected chi connectivity index (χ0v) is 17.0. The van der Waals surface area contributed by atoms with Gasteiger partial charge in [0.05, 0.1) is 16.7 Å². The number of nitrogens with one attached hydrogen (secondary N) is 2. The molecule has 2 heterocycles.